The highest BCUT2D eigenvalue weighted by Crippen LogP contribution is 2.58. The predicted molar refractivity (Wildman–Crippen MR) is 35.2 cm³/mol. The minimum Gasteiger partial charge on any atom is -0.403 e. The summed E-state index contributed by atoms with van der Waals surface area (Å²) in [6.07, 6.45) is 1.06. The first-order valence-corrected chi connectivity index (χ1v) is 3.41. The Hall–Kier alpha value is -0.0151. The molecule has 2 fully saturated rings. The van der Waals surface area contributed by atoms with E-state index >= 15 is 0 Å². The fraction of sp³-hybridized carbons (Fsp3) is 1.00. The van der Waals surface area contributed by atoms with Crippen LogP contribution >= 0.6 is 0 Å². The quantitative estimate of drug-likeness (QED) is 0.452. The molecule has 1 saturated carbocycles. The molecule has 0 aromatic rings. The van der Waals surface area contributed by atoms with E-state index in [2.05, 4.69) is 13.8 Å². The smallest absolute Gasteiger partial charge is 0.403 e. The molecule has 3 heteroatoms. The van der Waals surface area contributed by atoms with Gasteiger partial charge in [0.2, 0.25) is 0 Å². The van der Waals surface area contributed by atoms with Gasteiger partial charge in [0.05, 0.1) is 11.2 Å². The molecule has 0 amide bonds. The summed E-state index contributed by atoms with van der Waals surface area (Å²) in [5, 5.41) is 0. The summed E-state index contributed by atoms with van der Waals surface area (Å²) in [5.41, 5.74) is 0.0961. The lowest BCUT2D eigenvalue weighted by Gasteiger charge is -2.03. The van der Waals surface area contributed by atoms with Gasteiger partial charge >= 0.3 is 7.12 Å². The largest absolute Gasteiger partial charge is 0.454 e. The molecular weight excluding hydrogens is 115 g/mol. The molecule has 0 aromatic heterocycles. The molecule has 0 N–H and O–H groups in total. The van der Waals surface area contributed by atoms with Gasteiger partial charge in [0.25, 0.3) is 0 Å². The van der Waals surface area contributed by atoms with Crippen LogP contribution in [0.1, 0.15) is 20.3 Å². The van der Waals surface area contributed by atoms with Crippen molar-refractivity contribution in [2.45, 2.75) is 38.3 Å². The van der Waals surface area contributed by atoms with Gasteiger partial charge in [-0.05, 0) is 20.7 Å². The highest BCUT2D eigenvalue weighted by Gasteiger charge is 2.69. The van der Waals surface area contributed by atoms with Crippen LogP contribution in [0.2, 0.25) is 6.82 Å². The van der Waals surface area contributed by atoms with Crippen molar-refractivity contribution in [1.82, 2.24) is 0 Å². The van der Waals surface area contributed by atoms with Crippen molar-refractivity contribution in [2.24, 2.45) is 0 Å². The lowest BCUT2D eigenvalue weighted by Crippen LogP contribution is -2.15. The van der Waals surface area contributed by atoms with E-state index in [1.54, 1.807) is 0 Å². The highest BCUT2D eigenvalue weighted by atomic mass is 16.7. The van der Waals surface area contributed by atoms with E-state index in [9.17, 15) is 0 Å². The fourth-order valence-corrected chi connectivity index (χ4v) is 1.69. The minimum atomic E-state index is 0.00810. The Morgan fingerprint density at radius 3 is 1.89 bits per heavy atom. The van der Waals surface area contributed by atoms with E-state index in [-0.39, 0.29) is 18.3 Å². The Kier molecular flexibility index (Phi) is 0.769. The van der Waals surface area contributed by atoms with Crippen molar-refractivity contribution in [1.29, 1.82) is 0 Å². The number of hydrogen-bond acceptors (Lipinski definition) is 2. The SMILES string of the molecule is CB1OC2(C)CC2(C)O1. The van der Waals surface area contributed by atoms with Gasteiger partial charge in [0.1, 0.15) is 0 Å². The lowest BCUT2D eigenvalue weighted by molar-refractivity contribution is 0.187. The van der Waals surface area contributed by atoms with Crippen molar-refractivity contribution in [3.63, 3.8) is 0 Å². The van der Waals surface area contributed by atoms with Gasteiger partial charge in [-0.15, -0.1) is 0 Å². The maximum absolute atomic E-state index is 5.50. The Balaban J connectivity index is 2.20. The molecule has 0 spiro atoms. The first kappa shape index (κ1) is 5.75. The van der Waals surface area contributed by atoms with Crippen molar-refractivity contribution >= 4 is 7.12 Å². The first-order valence-electron chi connectivity index (χ1n) is 3.41. The molecule has 1 aliphatic heterocycles. The molecule has 9 heavy (non-hydrogen) atoms. The van der Waals surface area contributed by atoms with Crippen LogP contribution in [0.25, 0.3) is 0 Å². The predicted octanol–water partition coefficient (Wildman–Crippen LogP) is 1.07. The van der Waals surface area contributed by atoms with Crippen LogP contribution in [0.15, 0.2) is 0 Å². The zero-order valence-electron chi connectivity index (χ0n) is 6.10. The van der Waals surface area contributed by atoms with E-state index in [0.29, 0.717) is 0 Å². The van der Waals surface area contributed by atoms with Crippen LogP contribution in [0.5, 0.6) is 0 Å². The van der Waals surface area contributed by atoms with Crippen LogP contribution in [-0.2, 0) is 9.31 Å². The van der Waals surface area contributed by atoms with Crippen molar-refractivity contribution in [3.8, 4) is 0 Å². The summed E-state index contributed by atoms with van der Waals surface area (Å²) >= 11 is 0. The molecule has 0 aromatic carbocycles. The molecule has 1 heterocycles. The fourth-order valence-electron chi connectivity index (χ4n) is 1.69. The van der Waals surface area contributed by atoms with Crippen LogP contribution in [0.4, 0.5) is 0 Å². The Bertz CT molecular complexity index is 145. The molecule has 2 unspecified atom stereocenters. The molecule has 0 bridgehead atoms. The molecule has 1 aliphatic carbocycles. The summed E-state index contributed by atoms with van der Waals surface area (Å²) in [6, 6.07) is 0. The maximum Gasteiger partial charge on any atom is 0.454 e. The van der Waals surface area contributed by atoms with Crippen LogP contribution in [0, 0.1) is 0 Å². The molecule has 0 radical (unpaired) electrons. The second-order valence-corrected chi connectivity index (χ2v) is 3.44. The average molecular weight is 126 g/mol. The number of fused-ring (bicyclic) bond motifs is 1. The summed E-state index contributed by atoms with van der Waals surface area (Å²) in [6.45, 7) is 6.16. The number of rotatable bonds is 0. The zero-order valence-corrected chi connectivity index (χ0v) is 6.10. The Labute approximate surface area is 55.7 Å². The second kappa shape index (κ2) is 1.20. The van der Waals surface area contributed by atoms with Gasteiger partial charge in [0.15, 0.2) is 0 Å². The summed E-state index contributed by atoms with van der Waals surface area (Å²) in [7, 11) is 0.00810. The second-order valence-electron chi connectivity index (χ2n) is 3.44. The third-order valence-electron chi connectivity index (χ3n) is 2.52. The van der Waals surface area contributed by atoms with E-state index in [4.69, 9.17) is 9.31 Å². The third-order valence-corrected chi connectivity index (χ3v) is 2.52. The molecule has 2 rings (SSSR count). The average Bonchev–Trinajstić information content (AvgIpc) is 1.97. The molecular formula is C6H11BO2. The first-order chi connectivity index (χ1) is 4.06. The van der Waals surface area contributed by atoms with Crippen molar-refractivity contribution in [2.75, 3.05) is 0 Å². The van der Waals surface area contributed by atoms with Gasteiger partial charge in [-0.1, -0.05) is 0 Å². The van der Waals surface area contributed by atoms with Gasteiger partial charge < -0.3 is 9.31 Å². The normalized spacial score (nSPS) is 55.7. The van der Waals surface area contributed by atoms with E-state index in [1.165, 1.54) is 0 Å². The van der Waals surface area contributed by atoms with Gasteiger partial charge in [-0.3, -0.25) is 0 Å². The third kappa shape index (κ3) is 0.541. The summed E-state index contributed by atoms with van der Waals surface area (Å²) < 4.78 is 11.0. The lowest BCUT2D eigenvalue weighted by atomic mass is 9.96. The molecule has 1 saturated heterocycles. The molecule has 2 nitrogen and oxygen atoms in total. The van der Waals surface area contributed by atoms with Crippen LogP contribution in [-0.4, -0.2) is 18.3 Å². The van der Waals surface area contributed by atoms with E-state index in [1.807, 2.05) is 6.82 Å². The van der Waals surface area contributed by atoms with E-state index < -0.39 is 0 Å². The topological polar surface area (TPSA) is 18.5 Å². The zero-order chi connectivity index (χ0) is 6.70. The van der Waals surface area contributed by atoms with Gasteiger partial charge in [-0.25, -0.2) is 0 Å². The maximum atomic E-state index is 5.50. The Morgan fingerprint density at radius 2 is 1.67 bits per heavy atom. The van der Waals surface area contributed by atoms with Crippen LogP contribution in [0.3, 0.4) is 0 Å². The molecule has 2 aliphatic rings. The van der Waals surface area contributed by atoms with E-state index in [0.717, 1.165) is 6.42 Å². The minimum absolute atomic E-state index is 0.00810. The van der Waals surface area contributed by atoms with Gasteiger partial charge in [0, 0.05) is 6.42 Å². The highest BCUT2D eigenvalue weighted by molar-refractivity contribution is 6.44. The van der Waals surface area contributed by atoms with Gasteiger partial charge in [-0.2, -0.15) is 0 Å². The molecule has 50 valence electrons. The summed E-state index contributed by atoms with van der Waals surface area (Å²) in [5.74, 6) is 0. The standard InChI is InChI=1S/C6H11BO2/c1-5-4-6(5,2)9-7(3)8-5/h4H2,1-3H3. The molecule has 2 atom stereocenters. The van der Waals surface area contributed by atoms with Crippen LogP contribution < -0.4 is 0 Å². The summed E-state index contributed by atoms with van der Waals surface area (Å²) in [4.78, 5) is 0. The van der Waals surface area contributed by atoms with Crippen molar-refractivity contribution in [3.05, 3.63) is 0 Å². The number of hydrogen-bond donors (Lipinski definition) is 0. The van der Waals surface area contributed by atoms with Crippen molar-refractivity contribution < 1.29 is 9.31 Å². The monoisotopic (exact) mass is 126 g/mol. The Morgan fingerprint density at radius 1 is 1.22 bits per heavy atom.